The lowest BCUT2D eigenvalue weighted by molar-refractivity contribution is -0.135. The lowest BCUT2D eigenvalue weighted by atomic mass is 10.2. The van der Waals surface area contributed by atoms with E-state index in [1.165, 1.54) is 13.2 Å². The van der Waals surface area contributed by atoms with Gasteiger partial charge in [-0.1, -0.05) is 0 Å². The molecule has 1 amide bonds. The number of methoxy groups -OCH3 is 1. The number of hydrogen-bond acceptors (Lipinski definition) is 7. The number of rotatable bonds is 3. The van der Waals surface area contributed by atoms with Crippen LogP contribution in [0.2, 0.25) is 0 Å². The minimum absolute atomic E-state index is 0.0955. The molecule has 0 radical (unpaired) electrons. The smallest absolute Gasteiger partial charge is 0.331 e. The Hall–Kier alpha value is -2.75. The lowest BCUT2D eigenvalue weighted by Gasteiger charge is -2.01. The molecule has 1 aliphatic rings. The highest BCUT2D eigenvalue weighted by Crippen LogP contribution is 2.23. The molecule has 3 N–H and O–H groups in total. The normalized spacial score (nSPS) is 18.0. The number of carbonyl (C=O) groups excluding carboxylic acids is 2. The number of nitrogens with zero attached hydrogens (tertiary/aromatic N) is 2. The van der Waals surface area contributed by atoms with Gasteiger partial charge in [0.1, 0.15) is 0 Å². The van der Waals surface area contributed by atoms with Crippen LogP contribution in [-0.2, 0) is 14.3 Å². The van der Waals surface area contributed by atoms with Crippen molar-refractivity contribution in [3.05, 3.63) is 40.3 Å². The van der Waals surface area contributed by atoms with Gasteiger partial charge < -0.3 is 10.5 Å². The fraction of sp³-hybridized carbons (Fsp3) is 0.0769. The van der Waals surface area contributed by atoms with Crippen molar-refractivity contribution in [3.63, 3.8) is 0 Å². The number of carbonyl (C=O) groups is 2. The fourth-order valence-corrected chi connectivity index (χ4v) is 2.22. The summed E-state index contributed by atoms with van der Waals surface area (Å²) in [5, 5.41) is 9.82. The van der Waals surface area contributed by atoms with Gasteiger partial charge in [-0.15, -0.1) is 5.10 Å². The van der Waals surface area contributed by atoms with E-state index < -0.39 is 29.2 Å². The topological polar surface area (TPSA) is 106 Å². The Morgan fingerprint density at radius 3 is 2.87 bits per heavy atom. The van der Waals surface area contributed by atoms with Crippen LogP contribution in [0, 0.1) is 11.6 Å². The average Bonchev–Trinajstić information content (AvgIpc) is 2.87. The minimum atomic E-state index is -1.17. The van der Waals surface area contributed by atoms with Crippen LogP contribution in [0.3, 0.4) is 0 Å². The second-order valence-electron chi connectivity index (χ2n) is 4.10. The number of amidine groups is 1. The minimum Gasteiger partial charge on any atom is -0.466 e. The van der Waals surface area contributed by atoms with Gasteiger partial charge in [0.15, 0.2) is 16.8 Å². The maximum absolute atomic E-state index is 13.3. The molecule has 1 fully saturated rings. The van der Waals surface area contributed by atoms with Crippen LogP contribution in [0.5, 0.6) is 0 Å². The highest BCUT2D eigenvalue weighted by Gasteiger charge is 2.25. The third-order valence-corrected chi connectivity index (χ3v) is 3.51. The molecule has 2 rings (SSSR count). The quantitative estimate of drug-likeness (QED) is 0.282. The molecular weight excluding hydrogens is 330 g/mol. The summed E-state index contributed by atoms with van der Waals surface area (Å²) in [5.41, 5.74) is 5.13. The molecule has 1 aromatic rings. The molecule has 0 atom stereocenters. The zero-order valence-corrected chi connectivity index (χ0v) is 12.5. The van der Waals surface area contributed by atoms with Gasteiger partial charge in [0.25, 0.3) is 5.91 Å². The molecule has 0 aliphatic carbocycles. The predicted molar refractivity (Wildman–Crippen MR) is 81.6 cm³/mol. The summed E-state index contributed by atoms with van der Waals surface area (Å²) in [6, 6.07) is 2.14. The van der Waals surface area contributed by atoms with Crippen molar-refractivity contribution in [3.8, 4) is 0 Å². The van der Waals surface area contributed by atoms with Crippen LogP contribution in [0.15, 0.2) is 33.3 Å². The molecule has 0 unspecified atom stereocenters. The maximum Gasteiger partial charge on any atom is 0.331 e. The van der Waals surface area contributed by atoms with Gasteiger partial charge in [-0.2, -0.15) is 5.10 Å². The summed E-state index contributed by atoms with van der Waals surface area (Å²) >= 11 is 0.878. The number of halogens is 2. The van der Waals surface area contributed by atoms with E-state index in [1.54, 1.807) is 0 Å². The van der Waals surface area contributed by atoms with Crippen molar-refractivity contribution in [1.82, 2.24) is 5.32 Å². The molecule has 0 saturated carbocycles. The molecule has 0 aromatic heterocycles. The number of benzene rings is 1. The number of nitrogens with one attached hydrogen (secondary N) is 1. The van der Waals surface area contributed by atoms with Crippen molar-refractivity contribution >= 4 is 40.7 Å². The molecule has 1 saturated heterocycles. The second kappa shape index (κ2) is 7.01. The fourth-order valence-electron chi connectivity index (χ4n) is 1.48. The zero-order chi connectivity index (χ0) is 17.0. The largest absolute Gasteiger partial charge is 0.466 e. The number of ether oxygens (including phenoxy) is 1. The number of thioether (sulfide) groups is 1. The molecule has 10 heteroatoms. The van der Waals surface area contributed by atoms with Crippen LogP contribution in [0.25, 0.3) is 0 Å². The number of nitrogens with two attached hydrogens (primary N) is 1. The third kappa shape index (κ3) is 3.92. The Kier molecular flexibility index (Phi) is 5.06. The molecular formula is C13H10F2N4O3S. The van der Waals surface area contributed by atoms with Crippen LogP contribution in [0.4, 0.5) is 14.5 Å². The first-order valence-electron chi connectivity index (χ1n) is 6.05. The van der Waals surface area contributed by atoms with Crippen LogP contribution >= 0.6 is 11.8 Å². The maximum atomic E-state index is 13.3. The summed E-state index contributed by atoms with van der Waals surface area (Å²) in [7, 11) is 1.18. The van der Waals surface area contributed by atoms with E-state index in [9.17, 15) is 18.4 Å². The van der Waals surface area contributed by atoms with Crippen molar-refractivity contribution in [1.29, 1.82) is 0 Å². The third-order valence-electron chi connectivity index (χ3n) is 2.61. The first kappa shape index (κ1) is 16.6. The van der Waals surface area contributed by atoms with Gasteiger partial charge in [-0.05, 0) is 23.9 Å². The van der Waals surface area contributed by atoms with Crippen molar-refractivity contribution in [2.45, 2.75) is 0 Å². The average molecular weight is 340 g/mol. The Balaban J connectivity index is 2.13. The van der Waals surface area contributed by atoms with E-state index in [0.29, 0.717) is 0 Å². The van der Waals surface area contributed by atoms with Crippen molar-refractivity contribution < 1.29 is 23.1 Å². The van der Waals surface area contributed by atoms with Gasteiger partial charge in [0, 0.05) is 11.6 Å². The van der Waals surface area contributed by atoms with E-state index in [1.807, 2.05) is 0 Å². The van der Waals surface area contributed by atoms with E-state index in [-0.39, 0.29) is 15.6 Å². The van der Waals surface area contributed by atoms with E-state index in [2.05, 4.69) is 20.3 Å². The van der Waals surface area contributed by atoms with Crippen LogP contribution in [-0.4, -0.2) is 30.4 Å². The lowest BCUT2D eigenvalue weighted by Crippen LogP contribution is -2.19. The molecule has 120 valence electrons. The van der Waals surface area contributed by atoms with Gasteiger partial charge in [0.05, 0.1) is 23.9 Å². The number of esters is 1. The van der Waals surface area contributed by atoms with Gasteiger partial charge in [-0.3, -0.25) is 10.1 Å². The molecule has 0 bridgehead atoms. The van der Waals surface area contributed by atoms with E-state index in [4.69, 9.17) is 5.73 Å². The summed E-state index contributed by atoms with van der Waals surface area (Å²) < 4.78 is 30.6. The summed E-state index contributed by atoms with van der Waals surface area (Å²) in [6.07, 6.45) is 2.12. The summed E-state index contributed by atoms with van der Waals surface area (Å²) in [4.78, 5) is 22.7. The Labute approximate surface area is 133 Å². The first-order chi connectivity index (χ1) is 10.9. The van der Waals surface area contributed by atoms with Gasteiger partial charge in [0.2, 0.25) is 0 Å². The number of nitrogen functional groups attached to an aromatic ring is 1. The molecule has 1 aromatic carbocycles. The number of amides is 1. The van der Waals surface area contributed by atoms with Crippen molar-refractivity contribution in [2.24, 2.45) is 10.2 Å². The monoisotopic (exact) mass is 340 g/mol. The number of hydrogen-bond donors (Lipinski definition) is 2. The van der Waals surface area contributed by atoms with Crippen LogP contribution < -0.4 is 11.1 Å². The first-order valence-corrected chi connectivity index (χ1v) is 6.87. The Morgan fingerprint density at radius 1 is 1.43 bits per heavy atom. The van der Waals surface area contributed by atoms with Gasteiger partial charge >= 0.3 is 5.97 Å². The highest BCUT2D eigenvalue weighted by molar-refractivity contribution is 8.18. The highest BCUT2D eigenvalue weighted by atomic mass is 32.2. The molecule has 0 spiro atoms. The van der Waals surface area contributed by atoms with Gasteiger partial charge in [-0.25, -0.2) is 13.6 Å². The summed E-state index contributed by atoms with van der Waals surface area (Å²) in [6.45, 7) is 0. The second-order valence-corrected chi connectivity index (χ2v) is 5.13. The zero-order valence-electron chi connectivity index (χ0n) is 11.7. The Morgan fingerprint density at radius 2 is 2.17 bits per heavy atom. The van der Waals surface area contributed by atoms with Crippen molar-refractivity contribution in [2.75, 3.05) is 12.8 Å². The molecule has 1 heterocycles. The Bertz CT molecular complexity index is 762. The van der Waals surface area contributed by atoms with Crippen LogP contribution in [0.1, 0.15) is 5.56 Å². The summed E-state index contributed by atoms with van der Waals surface area (Å²) in [5.74, 6) is -3.45. The standard InChI is InChI=1S/C13H10F2N4O3S/c1-22-9(20)4-8-12(21)18-13(23-8)19-17-5-6-2-3-7(14)10(15)11(6)16/h2-5H,16H2,1H3,(H,18,19,21)/b8-4+,17-5?. The number of anilines is 1. The van der Waals surface area contributed by atoms with E-state index >= 15 is 0 Å². The molecule has 7 nitrogen and oxygen atoms in total. The molecule has 1 aliphatic heterocycles. The SMILES string of the molecule is COC(=O)/C=C1/S/C(=N\N=Cc2ccc(F)c(F)c2N)NC1=O. The predicted octanol–water partition coefficient (Wildman–Crippen LogP) is 1.16. The van der Waals surface area contributed by atoms with E-state index in [0.717, 1.165) is 30.1 Å². The molecule has 23 heavy (non-hydrogen) atoms.